The predicted molar refractivity (Wildman–Crippen MR) is 124 cm³/mol. The van der Waals surface area contributed by atoms with Crippen LogP contribution in [0.4, 0.5) is 15.8 Å². The summed E-state index contributed by atoms with van der Waals surface area (Å²) in [6, 6.07) is 16.0. The summed E-state index contributed by atoms with van der Waals surface area (Å²) in [6.07, 6.45) is 0. The number of anilines is 2. The molecule has 0 unspecified atom stereocenters. The fourth-order valence-corrected chi connectivity index (χ4v) is 2.86. The maximum atomic E-state index is 12.9. The van der Waals surface area contributed by atoms with E-state index >= 15 is 0 Å². The van der Waals surface area contributed by atoms with E-state index in [0.717, 1.165) is 0 Å². The van der Waals surface area contributed by atoms with Gasteiger partial charge >= 0.3 is 5.97 Å². The summed E-state index contributed by atoms with van der Waals surface area (Å²) in [4.78, 5) is 36.3. The molecule has 0 aromatic heterocycles. The topological polar surface area (TPSA) is 103 Å². The number of hydrogen-bond donors (Lipinski definition) is 2. The third-order valence-corrected chi connectivity index (χ3v) is 4.60. The van der Waals surface area contributed by atoms with Crippen molar-refractivity contribution in [1.29, 1.82) is 0 Å². The van der Waals surface area contributed by atoms with Crippen LogP contribution in [0.2, 0.25) is 5.02 Å². The van der Waals surface area contributed by atoms with Crippen LogP contribution in [0.5, 0.6) is 11.5 Å². The highest BCUT2D eigenvalue weighted by Gasteiger charge is 2.15. The van der Waals surface area contributed by atoms with E-state index in [1.54, 1.807) is 24.3 Å². The lowest BCUT2D eigenvalue weighted by atomic mass is 10.2. The maximum Gasteiger partial charge on any atom is 0.338 e. The van der Waals surface area contributed by atoms with Crippen LogP contribution in [0, 0.1) is 5.82 Å². The summed E-state index contributed by atoms with van der Waals surface area (Å²) < 4.78 is 28.7. The van der Waals surface area contributed by atoms with Crippen molar-refractivity contribution < 1.29 is 33.0 Å². The van der Waals surface area contributed by atoms with Gasteiger partial charge in [-0.25, -0.2) is 9.18 Å². The largest absolute Gasteiger partial charge is 0.493 e. The highest BCUT2D eigenvalue weighted by molar-refractivity contribution is 6.30. The number of methoxy groups -OCH3 is 1. The Labute approximate surface area is 199 Å². The van der Waals surface area contributed by atoms with Crippen molar-refractivity contribution in [2.75, 3.05) is 31.0 Å². The Morgan fingerprint density at radius 1 is 0.824 bits per heavy atom. The minimum absolute atomic E-state index is 0.124. The first-order chi connectivity index (χ1) is 16.3. The molecule has 0 aliphatic carbocycles. The molecule has 0 spiro atoms. The average molecular weight is 487 g/mol. The summed E-state index contributed by atoms with van der Waals surface area (Å²) in [7, 11) is 1.37. The number of hydrogen-bond acceptors (Lipinski definition) is 6. The van der Waals surface area contributed by atoms with Gasteiger partial charge in [-0.3, -0.25) is 9.59 Å². The van der Waals surface area contributed by atoms with Crippen molar-refractivity contribution in [2.24, 2.45) is 0 Å². The molecule has 3 rings (SSSR count). The van der Waals surface area contributed by atoms with E-state index in [2.05, 4.69) is 10.6 Å². The monoisotopic (exact) mass is 486 g/mol. The smallest absolute Gasteiger partial charge is 0.338 e. The van der Waals surface area contributed by atoms with Crippen molar-refractivity contribution in [3.63, 3.8) is 0 Å². The summed E-state index contributed by atoms with van der Waals surface area (Å²) in [5, 5.41) is 5.67. The molecule has 0 aliphatic heterocycles. The van der Waals surface area contributed by atoms with E-state index in [1.807, 2.05) is 0 Å². The Morgan fingerprint density at radius 3 is 2.03 bits per heavy atom. The first-order valence-corrected chi connectivity index (χ1v) is 10.3. The van der Waals surface area contributed by atoms with Crippen LogP contribution in [0.3, 0.4) is 0 Å². The molecule has 0 saturated heterocycles. The van der Waals surface area contributed by atoms with Crippen molar-refractivity contribution in [2.45, 2.75) is 0 Å². The zero-order valence-electron chi connectivity index (χ0n) is 18.0. The van der Waals surface area contributed by atoms with Crippen LogP contribution in [0.25, 0.3) is 0 Å². The standard InChI is InChI=1S/C24H20ClFN2O6/c1-32-21-12-15(24(31)34-14-23(30)27-18-7-3-16(25)4-8-18)2-11-20(21)33-13-22(29)28-19-9-5-17(26)6-10-19/h2-12H,13-14H2,1H3,(H,27,30)(H,28,29). The summed E-state index contributed by atoms with van der Waals surface area (Å²) in [5.41, 5.74) is 1.05. The summed E-state index contributed by atoms with van der Waals surface area (Å²) in [5.74, 6) is -1.74. The molecule has 3 aromatic rings. The Bertz CT molecular complexity index is 1170. The predicted octanol–water partition coefficient (Wildman–Crippen LogP) is 4.30. The highest BCUT2D eigenvalue weighted by Crippen LogP contribution is 2.28. The second kappa shape index (κ2) is 11.7. The van der Waals surface area contributed by atoms with Gasteiger partial charge in [0, 0.05) is 16.4 Å². The van der Waals surface area contributed by atoms with Gasteiger partial charge in [0.15, 0.2) is 24.7 Å². The van der Waals surface area contributed by atoms with E-state index in [1.165, 1.54) is 49.6 Å². The lowest BCUT2D eigenvalue weighted by Crippen LogP contribution is -2.21. The van der Waals surface area contributed by atoms with E-state index < -0.39 is 30.2 Å². The SMILES string of the molecule is COc1cc(C(=O)OCC(=O)Nc2ccc(Cl)cc2)ccc1OCC(=O)Nc1ccc(F)cc1. The lowest BCUT2D eigenvalue weighted by molar-refractivity contribution is -0.119. The van der Waals surface area contributed by atoms with Gasteiger partial charge < -0.3 is 24.8 Å². The number of esters is 1. The summed E-state index contributed by atoms with van der Waals surface area (Å²) >= 11 is 5.79. The second-order valence-electron chi connectivity index (χ2n) is 6.84. The highest BCUT2D eigenvalue weighted by atomic mass is 35.5. The Morgan fingerprint density at radius 2 is 1.41 bits per heavy atom. The molecule has 2 amide bonds. The number of amides is 2. The fourth-order valence-electron chi connectivity index (χ4n) is 2.73. The number of halogens is 2. The normalized spacial score (nSPS) is 10.2. The Kier molecular flexibility index (Phi) is 8.42. The number of rotatable bonds is 9. The molecule has 0 aliphatic rings. The molecule has 10 heteroatoms. The van der Waals surface area contributed by atoms with Gasteiger partial charge in [0.2, 0.25) is 0 Å². The third-order valence-electron chi connectivity index (χ3n) is 4.35. The van der Waals surface area contributed by atoms with E-state index in [4.69, 9.17) is 25.8 Å². The maximum absolute atomic E-state index is 12.9. The van der Waals surface area contributed by atoms with Gasteiger partial charge in [0.05, 0.1) is 12.7 Å². The fraction of sp³-hybridized carbons (Fsp3) is 0.125. The van der Waals surface area contributed by atoms with Crippen LogP contribution in [0.1, 0.15) is 10.4 Å². The molecule has 0 fully saturated rings. The number of carbonyl (C=O) groups excluding carboxylic acids is 3. The quantitative estimate of drug-likeness (QED) is 0.437. The number of nitrogens with one attached hydrogen (secondary N) is 2. The van der Waals surface area contributed by atoms with Crippen molar-refractivity contribution in [1.82, 2.24) is 0 Å². The zero-order valence-corrected chi connectivity index (χ0v) is 18.7. The van der Waals surface area contributed by atoms with Gasteiger partial charge in [0.25, 0.3) is 11.8 Å². The first kappa shape index (κ1) is 24.5. The lowest BCUT2D eigenvalue weighted by Gasteiger charge is -2.12. The molecule has 176 valence electrons. The van der Waals surface area contributed by atoms with Gasteiger partial charge in [-0.1, -0.05) is 11.6 Å². The van der Waals surface area contributed by atoms with Gasteiger partial charge in [-0.15, -0.1) is 0 Å². The third kappa shape index (κ3) is 7.21. The van der Waals surface area contributed by atoms with Crippen LogP contribution in [-0.2, 0) is 14.3 Å². The van der Waals surface area contributed by atoms with Crippen molar-refractivity contribution in [3.8, 4) is 11.5 Å². The number of benzene rings is 3. The van der Waals surface area contributed by atoms with Crippen LogP contribution < -0.4 is 20.1 Å². The second-order valence-corrected chi connectivity index (χ2v) is 7.28. The molecule has 2 N–H and O–H groups in total. The van der Waals surface area contributed by atoms with E-state index in [0.29, 0.717) is 16.4 Å². The molecule has 0 saturated carbocycles. The molecule has 0 bridgehead atoms. The molecule has 34 heavy (non-hydrogen) atoms. The number of carbonyl (C=O) groups is 3. The minimum atomic E-state index is -0.745. The molecule has 0 heterocycles. The molecule has 8 nitrogen and oxygen atoms in total. The molecule has 3 aromatic carbocycles. The van der Waals surface area contributed by atoms with Crippen LogP contribution in [-0.4, -0.2) is 38.1 Å². The van der Waals surface area contributed by atoms with Crippen molar-refractivity contribution >= 4 is 40.8 Å². The summed E-state index contributed by atoms with van der Waals surface area (Å²) in [6.45, 7) is -0.839. The van der Waals surface area contributed by atoms with E-state index in [9.17, 15) is 18.8 Å². The molecular formula is C24H20ClFN2O6. The van der Waals surface area contributed by atoms with Gasteiger partial charge in [-0.2, -0.15) is 0 Å². The van der Waals surface area contributed by atoms with Crippen molar-refractivity contribution in [3.05, 3.63) is 83.1 Å². The molecular weight excluding hydrogens is 467 g/mol. The molecule has 0 radical (unpaired) electrons. The minimum Gasteiger partial charge on any atom is -0.493 e. The van der Waals surface area contributed by atoms with Crippen LogP contribution >= 0.6 is 11.6 Å². The Balaban J connectivity index is 1.52. The molecule has 0 atom stereocenters. The van der Waals surface area contributed by atoms with E-state index in [-0.39, 0.29) is 23.7 Å². The Hall–Kier alpha value is -4.11. The number of ether oxygens (including phenoxy) is 3. The first-order valence-electron chi connectivity index (χ1n) is 9.93. The van der Waals surface area contributed by atoms with Crippen LogP contribution in [0.15, 0.2) is 66.7 Å². The van der Waals surface area contributed by atoms with Gasteiger partial charge in [-0.05, 0) is 66.7 Å². The average Bonchev–Trinajstić information content (AvgIpc) is 2.84. The zero-order chi connectivity index (χ0) is 24.5. The van der Waals surface area contributed by atoms with Gasteiger partial charge in [0.1, 0.15) is 5.82 Å².